The molecule has 0 heterocycles. The molecular formula is C15H19F2NO. The Hall–Kier alpha value is -1.63. The van der Waals surface area contributed by atoms with Crippen LogP contribution >= 0.6 is 0 Å². The zero-order valence-corrected chi connectivity index (χ0v) is 11.4. The summed E-state index contributed by atoms with van der Waals surface area (Å²) in [6.07, 6.45) is 4.09. The monoisotopic (exact) mass is 267 g/mol. The van der Waals surface area contributed by atoms with Crippen LogP contribution in [0.15, 0.2) is 12.1 Å². The van der Waals surface area contributed by atoms with Crippen molar-refractivity contribution in [2.45, 2.75) is 39.5 Å². The molecule has 0 aliphatic rings. The topological polar surface area (TPSA) is 33.0 Å². The Morgan fingerprint density at radius 3 is 2.37 bits per heavy atom. The van der Waals surface area contributed by atoms with E-state index in [0.717, 1.165) is 37.8 Å². The van der Waals surface area contributed by atoms with Gasteiger partial charge in [0.05, 0.1) is 18.2 Å². The second kappa shape index (κ2) is 7.73. The third-order valence-corrected chi connectivity index (χ3v) is 3.13. The Morgan fingerprint density at radius 2 is 1.89 bits per heavy atom. The van der Waals surface area contributed by atoms with Gasteiger partial charge >= 0.3 is 0 Å². The molecule has 0 amide bonds. The Labute approximate surface area is 113 Å². The molecule has 0 spiro atoms. The lowest BCUT2D eigenvalue weighted by molar-refractivity contribution is 0.216. The lowest BCUT2D eigenvalue weighted by Crippen LogP contribution is -2.13. The molecule has 1 aromatic rings. The molecule has 0 saturated heterocycles. The average molecular weight is 267 g/mol. The minimum atomic E-state index is -0.818. The number of nitriles is 1. The number of nitrogens with zero attached hydrogens (tertiary/aromatic N) is 1. The van der Waals surface area contributed by atoms with Crippen molar-refractivity contribution in [2.75, 3.05) is 6.61 Å². The minimum Gasteiger partial charge on any atom is -0.487 e. The minimum absolute atomic E-state index is 0.0413. The predicted molar refractivity (Wildman–Crippen MR) is 69.9 cm³/mol. The molecule has 19 heavy (non-hydrogen) atoms. The third kappa shape index (κ3) is 4.51. The number of unbranched alkanes of at least 4 members (excludes halogenated alkanes) is 1. The zero-order valence-electron chi connectivity index (χ0n) is 11.4. The fourth-order valence-electron chi connectivity index (χ4n) is 1.86. The molecule has 104 valence electrons. The Balaban J connectivity index is 2.69. The summed E-state index contributed by atoms with van der Waals surface area (Å²) in [5.74, 6) is -1.72. The van der Waals surface area contributed by atoms with Gasteiger partial charge in [-0.05, 0) is 24.5 Å². The summed E-state index contributed by atoms with van der Waals surface area (Å²) in [7, 11) is 0. The molecule has 0 aromatic heterocycles. The van der Waals surface area contributed by atoms with E-state index in [1.54, 1.807) is 6.07 Å². The summed E-state index contributed by atoms with van der Waals surface area (Å²) in [6.45, 7) is 4.44. The van der Waals surface area contributed by atoms with Crippen LogP contribution in [0.25, 0.3) is 0 Å². The van der Waals surface area contributed by atoms with Crippen LogP contribution in [0.3, 0.4) is 0 Å². The van der Waals surface area contributed by atoms with Crippen molar-refractivity contribution in [1.82, 2.24) is 0 Å². The fourth-order valence-corrected chi connectivity index (χ4v) is 1.86. The molecule has 1 atom stereocenters. The number of ether oxygens (including phenoxy) is 1. The average Bonchev–Trinajstić information content (AvgIpc) is 2.40. The molecule has 0 aliphatic heterocycles. The van der Waals surface area contributed by atoms with Crippen LogP contribution in [0.2, 0.25) is 0 Å². The molecule has 1 rings (SSSR count). The molecule has 1 aromatic carbocycles. The summed E-state index contributed by atoms with van der Waals surface area (Å²) in [6, 6.07) is 3.69. The SMILES string of the molecule is CCCCC(CC)COc1c(F)cc(C#N)cc1F. The lowest BCUT2D eigenvalue weighted by atomic mass is 10.0. The Kier molecular flexibility index (Phi) is 6.27. The first kappa shape index (κ1) is 15.4. The number of halogens is 2. The van der Waals surface area contributed by atoms with Crippen molar-refractivity contribution in [2.24, 2.45) is 5.92 Å². The Bertz CT molecular complexity index is 431. The maximum atomic E-state index is 13.6. The van der Waals surface area contributed by atoms with Gasteiger partial charge in [-0.2, -0.15) is 5.26 Å². The van der Waals surface area contributed by atoms with E-state index in [9.17, 15) is 8.78 Å². The van der Waals surface area contributed by atoms with Gasteiger partial charge in [0.1, 0.15) is 0 Å². The van der Waals surface area contributed by atoms with Crippen LogP contribution < -0.4 is 4.74 Å². The molecular weight excluding hydrogens is 248 g/mol. The first-order valence-electron chi connectivity index (χ1n) is 6.64. The van der Waals surface area contributed by atoms with Crippen LogP contribution in [0.1, 0.15) is 45.1 Å². The Morgan fingerprint density at radius 1 is 1.26 bits per heavy atom. The van der Waals surface area contributed by atoms with Crippen LogP contribution in [0.5, 0.6) is 5.75 Å². The van der Waals surface area contributed by atoms with Gasteiger partial charge in [0.2, 0.25) is 0 Å². The highest BCUT2D eigenvalue weighted by Crippen LogP contribution is 2.24. The quantitative estimate of drug-likeness (QED) is 0.732. The molecule has 1 unspecified atom stereocenters. The van der Waals surface area contributed by atoms with Crippen molar-refractivity contribution in [3.05, 3.63) is 29.3 Å². The van der Waals surface area contributed by atoms with E-state index < -0.39 is 11.6 Å². The first-order valence-corrected chi connectivity index (χ1v) is 6.64. The zero-order chi connectivity index (χ0) is 14.3. The van der Waals surface area contributed by atoms with E-state index in [1.165, 1.54) is 0 Å². The highest BCUT2D eigenvalue weighted by atomic mass is 19.1. The van der Waals surface area contributed by atoms with Crippen molar-refractivity contribution in [1.29, 1.82) is 5.26 Å². The molecule has 0 bridgehead atoms. The molecule has 0 radical (unpaired) electrons. The van der Waals surface area contributed by atoms with Gasteiger partial charge < -0.3 is 4.74 Å². The van der Waals surface area contributed by atoms with Gasteiger partial charge in [0.15, 0.2) is 17.4 Å². The number of hydrogen-bond acceptors (Lipinski definition) is 2. The number of hydrogen-bond donors (Lipinski definition) is 0. The second-order valence-electron chi connectivity index (χ2n) is 4.61. The van der Waals surface area contributed by atoms with Crippen molar-refractivity contribution in [3.8, 4) is 11.8 Å². The fraction of sp³-hybridized carbons (Fsp3) is 0.533. The molecule has 0 fully saturated rings. The van der Waals surface area contributed by atoms with Gasteiger partial charge in [0.25, 0.3) is 0 Å². The summed E-state index contributed by atoms with van der Waals surface area (Å²) >= 11 is 0. The van der Waals surface area contributed by atoms with E-state index >= 15 is 0 Å². The van der Waals surface area contributed by atoms with Crippen LogP contribution in [-0.2, 0) is 0 Å². The maximum Gasteiger partial charge on any atom is 0.190 e. The second-order valence-corrected chi connectivity index (χ2v) is 4.61. The van der Waals surface area contributed by atoms with E-state index in [1.807, 2.05) is 6.92 Å². The van der Waals surface area contributed by atoms with Gasteiger partial charge in [-0.1, -0.05) is 33.1 Å². The number of benzene rings is 1. The maximum absolute atomic E-state index is 13.6. The summed E-state index contributed by atoms with van der Waals surface area (Å²) in [4.78, 5) is 0. The molecule has 0 N–H and O–H groups in total. The van der Waals surface area contributed by atoms with Crippen LogP contribution in [0.4, 0.5) is 8.78 Å². The van der Waals surface area contributed by atoms with E-state index in [2.05, 4.69) is 6.92 Å². The highest BCUT2D eigenvalue weighted by Gasteiger charge is 2.15. The van der Waals surface area contributed by atoms with E-state index in [-0.39, 0.29) is 11.3 Å². The predicted octanol–water partition coefficient (Wildman–Crippen LogP) is 4.43. The molecule has 2 nitrogen and oxygen atoms in total. The van der Waals surface area contributed by atoms with E-state index in [0.29, 0.717) is 12.5 Å². The van der Waals surface area contributed by atoms with E-state index in [4.69, 9.17) is 10.00 Å². The lowest BCUT2D eigenvalue weighted by Gasteiger charge is -2.16. The van der Waals surface area contributed by atoms with Crippen molar-refractivity contribution < 1.29 is 13.5 Å². The highest BCUT2D eigenvalue weighted by molar-refractivity contribution is 5.37. The summed E-state index contributed by atoms with van der Waals surface area (Å²) < 4.78 is 32.4. The van der Waals surface area contributed by atoms with Gasteiger partial charge in [-0.3, -0.25) is 0 Å². The van der Waals surface area contributed by atoms with Crippen molar-refractivity contribution >= 4 is 0 Å². The number of rotatable bonds is 7. The first-order chi connectivity index (χ1) is 9.12. The van der Waals surface area contributed by atoms with Crippen LogP contribution in [-0.4, -0.2) is 6.61 Å². The molecule has 0 aliphatic carbocycles. The standard InChI is InChI=1S/C15H19F2NO/c1-3-5-6-11(4-2)10-19-15-13(16)7-12(9-18)8-14(15)17/h7-8,11H,3-6,10H2,1-2H3. The smallest absolute Gasteiger partial charge is 0.190 e. The van der Waals surface area contributed by atoms with Crippen LogP contribution in [0, 0.1) is 28.9 Å². The normalized spacial score (nSPS) is 11.9. The largest absolute Gasteiger partial charge is 0.487 e. The summed E-state index contributed by atoms with van der Waals surface area (Å²) in [5, 5.41) is 8.61. The van der Waals surface area contributed by atoms with Gasteiger partial charge in [-0.15, -0.1) is 0 Å². The van der Waals surface area contributed by atoms with Crippen molar-refractivity contribution in [3.63, 3.8) is 0 Å². The summed E-state index contributed by atoms with van der Waals surface area (Å²) in [5.41, 5.74) is -0.0413. The third-order valence-electron chi connectivity index (χ3n) is 3.13. The molecule has 0 saturated carbocycles. The van der Waals surface area contributed by atoms with Gasteiger partial charge in [0, 0.05) is 0 Å². The van der Waals surface area contributed by atoms with Gasteiger partial charge in [-0.25, -0.2) is 8.78 Å². The molecule has 4 heteroatoms.